The zero-order valence-corrected chi connectivity index (χ0v) is 10.1. The van der Waals surface area contributed by atoms with Crippen molar-refractivity contribution in [2.45, 2.75) is 0 Å². The third kappa shape index (κ3) is 1.85. The van der Waals surface area contributed by atoms with Crippen LogP contribution in [0.5, 0.6) is 0 Å². The van der Waals surface area contributed by atoms with Crippen LogP contribution in [0.25, 0.3) is 21.7 Å². The van der Waals surface area contributed by atoms with Crippen molar-refractivity contribution < 1.29 is 21.4 Å². The van der Waals surface area contributed by atoms with Crippen LogP contribution in [0.4, 0.5) is 4.39 Å². The molecule has 3 aromatic rings. The number of hydrogen-bond donors (Lipinski definition) is 0. The molecule has 0 aliphatic carbocycles. The molecule has 2 aromatic carbocycles. The lowest BCUT2D eigenvalue weighted by Crippen LogP contribution is -3.00. The molecule has 3 rings (SSSR count). The van der Waals surface area contributed by atoms with E-state index < -0.39 is 0 Å². The average molecular weight is 248 g/mol. The van der Waals surface area contributed by atoms with E-state index in [2.05, 4.69) is 6.20 Å². The van der Waals surface area contributed by atoms with Crippen LogP contribution < -0.4 is 17.0 Å². The second-order valence-electron chi connectivity index (χ2n) is 3.99. The van der Waals surface area contributed by atoms with Crippen molar-refractivity contribution in [1.82, 2.24) is 0 Å². The lowest BCUT2D eigenvalue weighted by atomic mass is 10.1. The summed E-state index contributed by atoms with van der Waals surface area (Å²) in [5, 5.41) is 3.18. The maximum atomic E-state index is 13.3. The van der Waals surface area contributed by atoms with E-state index in [1.807, 2.05) is 41.9 Å². The van der Waals surface area contributed by atoms with Gasteiger partial charge in [-0.15, -0.1) is 0 Å². The van der Waals surface area contributed by atoms with E-state index in [1.165, 1.54) is 6.07 Å². The average Bonchev–Trinajstić information content (AvgIpc) is 2.29. The standard InChI is InChI=1S/C14H11FN.ClH/c1-16-9-10-4-2-3-5-12(10)13-8-11(15)6-7-14(13)16;/h2-9H,1H3;1H/q+1;/p-1. The minimum atomic E-state index is -0.191. The number of hydrogen-bond acceptors (Lipinski definition) is 0. The Hall–Kier alpha value is -1.67. The Balaban J connectivity index is 0.00000108. The van der Waals surface area contributed by atoms with Crippen LogP contribution in [0.1, 0.15) is 0 Å². The first-order valence-corrected chi connectivity index (χ1v) is 5.22. The highest BCUT2D eigenvalue weighted by Crippen LogP contribution is 2.22. The predicted molar refractivity (Wildman–Crippen MR) is 62.6 cm³/mol. The van der Waals surface area contributed by atoms with E-state index in [4.69, 9.17) is 0 Å². The van der Waals surface area contributed by atoms with Crippen molar-refractivity contribution in [3.8, 4) is 0 Å². The normalized spacial score (nSPS) is 10.5. The van der Waals surface area contributed by atoms with Crippen LogP contribution in [0.2, 0.25) is 0 Å². The fraction of sp³-hybridized carbons (Fsp3) is 0.0714. The second-order valence-corrected chi connectivity index (χ2v) is 3.99. The van der Waals surface area contributed by atoms with Gasteiger partial charge in [-0.1, -0.05) is 18.2 Å². The minimum absolute atomic E-state index is 0. The molecule has 0 saturated carbocycles. The first-order valence-electron chi connectivity index (χ1n) is 5.22. The number of fused-ring (bicyclic) bond motifs is 3. The van der Waals surface area contributed by atoms with Crippen molar-refractivity contribution in [3.63, 3.8) is 0 Å². The Bertz CT molecular complexity index is 694. The summed E-state index contributed by atoms with van der Waals surface area (Å²) in [6, 6.07) is 12.9. The number of aryl methyl sites for hydroxylation is 1. The number of aromatic nitrogens is 1. The molecule has 86 valence electrons. The van der Waals surface area contributed by atoms with Crippen molar-refractivity contribution in [2.75, 3.05) is 0 Å². The van der Waals surface area contributed by atoms with Gasteiger partial charge in [0, 0.05) is 16.8 Å². The van der Waals surface area contributed by atoms with Crippen LogP contribution >= 0.6 is 0 Å². The maximum absolute atomic E-state index is 13.3. The summed E-state index contributed by atoms with van der Waals surface area (Å²) in [4.78, 5) is 0. The van der Waals surface area contributed by atoms with Crippen LogP contribution in [0.3, 0.4) is 0 Å². The zero-order valence-electron chi connectivity index (χ0n) is 9.32. The molecule has 0 atom stereocenters. The largest absolute Gasteiger partial charge is 1.00 e. The highest BCUT2D eigenvalue weighted by Gasteiger charge is 2.10. The highest BCUT2D eigenvalue weighted by atomic mass is 35.5. The van der Waals surface area contributed by atoms with E-state index in [-0.39, 0.29) is 18.2 Å². The van der Waals surface area contributed by atoms with Gasteiger partial charge in [-0.25, -0.2) is 8.96 Å². The molecule has 0 aliphatic rings. The van der Waals surface area contributed by atoms with Gasteiger partial charge in [-0.05, 0) is 18.2 Å². The van der Waals surface area contributed by atoms with E-state index >= 15 is 0 Å². The fourth-order valence-corrected chi connectivity index (χ4v) is 2.16. The molecule has 0 N–H and O–H groups in total. The summed E-state index contributed by atoms with van der Waals surface area (Å²) in [5.74, 6) is -0.191. The third-order valence-corrected chi connectivity index (χ3v) is 2.92. The van der Waals surface area contributed by atoms with Crippen molar-refractivity contribution in [1.29, 1.82) is 0 Å². The van der Waals surface area contributed by atoms with E-state index in [9.17, 15) is 4.39 Å². The molecule has 0 unspecified atom stereocenters. The molecule has 1 aromatic heterocycles. The Labute approximate surface area is 105 Å². The summed E-state index contributed by atoms with van der Waals surface area (Å²) >= 11 is 0. The predicted octanol–water partition coefficient (Wildman–Crippen LogP) is -0.0394. The minimum Gasteiger partial charge on any atom is -1.00 e. The molecule has 1 nitrogen and oxygen atoms in total. The Kier molecular flexibility index (Phi) is 2.99. The van der Waals surface area contributed by atoms with Gasteiger partial charge in [0.15, 0.2) is 6.20 Å². The molecule has 3 heteroatoms. The topological polar surface area (TPSA) is 3.88 Å². The highest BCUT2D eigenvalue weighted by molar-refractivity contribution is 6.03. The summed E-state index contributed by atoms with van der Waals surface area (Å²) < 4.78 is 15.3. The lowest BCUT2D eigenvalue weighted by Gasteiger charge is -2.02. The quantitative estimate of drug-likeness (QED) is 0.388. The van der Waals surface area contributed by atoms with Crippen LogP contribution in [0, 0.1) is 5.82 Å². The van der Waals surface area contributed by atoms with Gasteiger partial charge >= 0.3 is 0 Å². The number of benzene rings is 2. The van der Waals surface area contributed by atoms with Crippen LogP contribution in [-0.2, 0) is 7.05 Å². The summed E-state index contributed by atoms with van der Waals surface area (Å²) in [7, 11) is 1.98. The van der Waals surface area contributed by atoms with Gasteiger partial charge in [-0.3, -0.25) is 0 Å². The summed E-state index contributed by atoms with van der Waals surface area (Å²) in [6.45, 7) is 0. The lowest BCUT2D eigenvalue weighted by molar-refractivity contribution is -0.643. The maximum Gasteiger partial charge on any atom is 0.213 e. The molecular formula is C14H11ClFN. The van der Waals surface area contributed by atoms with Gasteiger partial charge < -0.3 is 12.4 Å². The van der Waals surface area contributed by atoms with Gasteiger partial charge in [0.05, 0.1) is 5.39 Å². The third-order valence-electron chi connectivity index (χ3n) is 2.92. The smallest absolute Gasteiger partial charge is 0.213 e. The summed E-state index contributed by atoms with van der Waals surface area (Å²) in [6.07, 6.45) is 2.07. The Morgan fingerprint density at radius 2 is 1.76 bits per heavy atom. The molecule has 0 aliphatic heterocycles. The van der Waals surface area contributed by atoms with Crippen molar-refractivity contribution in [2.24, 2.45) is 7.05 Å². The van der Waals surface area contributed by atoms with Crippen molar-refractivity contribution in [3.05, 3.63) is 54.5 Å². The number of pyridine rings is 1. The number of nitrogens with zero attached hydrogens (tertiary/aromatic N) is 1. The molecular weight excluding hydrogens is 237 g/mol. The molecule has 0 spiro atoms. The zero-order chi connectivity index (χ0) is 11.1. The SMILES string of the molecule is C[n+]1cc2ccccc2c2cc(F)ccc21.[Cl-]. The van der Waals surface area contributed by atoms with Crippen LogP contribution in [-0.4, -0.2) is 0 Å². The van der Waals surface area contributed by atoms with Crippen LogP contribution in [0.15, 0.2) is 48.7 Å². The van der Waals surface area contributed by atoms with Gasteiger partial charge in [-0.2, -0.15) is 0 Å². The van der Waals surface area contributed by atoms with E-state index in [0.717, 1.165) is 21.7 Å². The fourth-order valence-electron chi connectivity index (χ4n) is 2.16. The monoisotopic (exact) mass is 247 g/mol. The van der Waals surface area contributed by atoms with Gasteiger partial charge in [0.2, 0.25) is 5.52 Å². The Morgan fingerprint density at radius 3 is 2.59 bits per heavy atom. The Morgan fingerprint density at radius 1 is 1.00 bits per heavy atom. The van der Waals surface area contributed by atoms with Gasteiger partial charge in [0.1, 0.15) is 12.9 Å². The first kappa shape index (κ1) is 11.8. The summed E-state index contributed by atoms with van der Waals surface area (Å²) in [5.41, 5.74) is 1.04. The van der Waals surface area contributed by atoms with Crippen molar-refractivity contribution >= 4 is 21.7 Å². The molecule has 0 radical (unpaired) electrons. The first-order chi connectivity index (χ1) is 7.75. The molecule has 17 heavy (non-hydrogen) atoms. The molecule has 0 bridgehead atoms. The van der Waals surface area contributed by atoms with Gasteiger partial charge in [0.25, 0.3) is 0 Å². The molecule has 0 saturated heterocycles. The molecule has 0 fully saturated rings. The van der Waals surface area contributed by atoms with E-state index in [1.54, 1.807) is 6.07 Å². The number of rotatable bonds is 0. The molecule has 1 heterocycles. The number of halogens is 2. The molecule has 0 amide bonds. The second kappa shape index (κ2) is 4.30. The van der Waals surface area contributed by atoms with E-state index in [0.29, 0.717) is 0 Å².